The van der Waals surface area contributed by atoms with E-state index in [0.29, 0.717) is 22.4 Å². The summed E-state index contributed by atoms with van der Waals surface area (Å²) in [4.78, 5) is 11.3. The van der Waals surface area contributed by atoms with Crippen molar-refractivity contribution in [1.29, 1.82) is 0 Å². The second kappa shape index (κ2) is 7.99. The van der Waals surface area contributed by atoms with Gasteiger partial charge in [0.15, 0.2) is 0 Å². The van der Waals surface area contributed by atoms with Crippen LogP contribution in [0, 0.1) is 0 Å². The molecule has 2 heterocycles. The van der Waals surface area contributed by atoms with Crippen LogP contribution in [0.5, 0.6) is 0 Å². The molecule has 0 bridgehead atoms. The predicted octanol–water partition coefficient (Wildman–Crippen LogP) is 5.74. The van der Waals surface area contributed by atoms with Gasteiger partial charge in [-0.3, -0.25) is 4.98 Å². The number of benzene rings is 1. The lowest BCUT2D eigenvalue weighted by molar-refractivity contribution is 0.151. The van der Waals surface area contributed by atoms with Crippen LogP contribution in [0.4, 0.5) is 13.2 Å². The SMILES string of the molecule is CC/C(=C\C=C(/CF)c1nc2ccc(C(F)F)cc2[nH]1)c1cccnc1. The molecule has 3 aromatic rings. The van der Waals surface area contributed by atoms with Crippen molar-refractivity contribution >= 4 is 22.2 Å². The first-order chi connectivity index (χ1) is 12.6. The smallest absolute Gasteiger partial charge is 0.263 e. The van der Waals surface area contributed by atoms with Crippen molar-refractivity contribution < 1.29 is 13.2 Å². The third kappa shape index (κ3) is 3.85. The molecule has 0 amide bonds. The van der Waals surface area contributed by atoms with E-state index < -0.39 is 13.1 Å². The first kappa shape index (κ1) is 17.9. The molecule has 0 saturated carbocycles. The van der Waals surface area contributed by atoms with Gasteiger partial charge in [-0.25, -0.2) is 18.2 Å². The van der Waals surface area contributed by atoms with Crippen LogP contribution in [0.3, 0.4) is 0 Å². The molecular weight excluding hydrogens is 339 g/mol. The standard InChI is InChI=1S/C20H18F3N3/c1-2-13(16-4-3-9-24-12-16)5-6-15(11-21)20-25-17-8-7-14(19(22)23)10-18(17)26-20/h3-10,12,19H,2,11H2,1H3,(H,25,26)/b13-5+,15-6+. The Labute approximate surface area is 149 Å². The first-order valence-electron chi connectivity index (χ1n) is 8.26. The van der Waals surface area contributed by atoms with Crippen molar-refractivity contribution in [2.75, 3.05) is 6.67 Å². The lowest BCUT2D eigenvalue weighted by atomic mass is 10.0. The van der Waals surface area contributed by atoms with Crippen molar-refractivity contribution in [3.63, 3.8) is 0 Å². The van der Waals surface area contributed by atoms with Gasteiger partial charge in [-0.05, 0) is 35.8 Å². The quantitative estimate of drug-likeness (QED) is 0.571. The summed E-state index contributed by atoms with van der Waals surface area (Å²) in [5.74, 6) is 0.340. The minimum Gasteiger partial charge on any atom is -0.338 e. The highest BCUT2D eigenvalue weighted by atomic mass is 19.3. The van der Waals surface area contributed by atoms with Crippen LogP contribution < -0.4 is 0 Å². The molecule has 0 aliphatic carbocycles. The van der Waals surface area contributed by atoms with E-state index in [0.717, 1.165) is 17.6 Å². The highest BCUT2D eigenvalue weighted by molar-refractivity contribution is 5.80. The summed E-state index contributed by atoms with van der Waals surface area (Å²) in [5, 5.41) is 0. The molecule has 0 spiro atoms. The zero-order chi connectivity index (χ0) is 18.5. The molecule has 0 radical (unpaired) electrons. The normalized spacial score (nSPS) is 13.0. The first-order valence-corrected chi connectivity index (χ1v) is 8.26. The van der Waals surface area contributed by atoms with Gasteiger partial charge < -0.3 is 4.98 Å². The summed E-state index contributed by atoms with van der Waals surface area (Å²) in [6.45, 7) is 1.29. The molecule has 1 N–H and O–H groups in total. The number of imidazole rings is 1. The van der Waals surface area contributed by atoms with Crippen molar-refractivity contribution in [2.24, 2.45) is 0 Å². The van der Waals surface area contributed by atoms with Gasteiger partial charge in [0, 0.05) is 23.5 Å². The van der Waals surface area contributed by atoms with E-state index in [-0.39, 0.29) is 5.56 Å². The number of nitrogens with one attached hydrogen (secondary N) is 1. The molecule has 1 aromatic carbocycles. The zero-order valence-corrected chi connectivity index (χ0v) is 14.2. The average Bonchev–Trinajstić information content (AvgIpc) is 3.09. The number of hydrogen-bond donors (Lipinski definition) is 1. The lowest BCUT2D eigenvalue weighted by Crippen LogP contribution is -1.90. The number of hydrogen-bond acceptors (Lipinski definition) is 2. The van der Waals surface area contributed by atoms with Gasteiger partial charge in [-0.15, -0.1) is 0 Å². The highest BCUT2D eigenvalue weighted by Gasteiger charge is 2.12. The van der Waals surface area contributed by atoms with E-state index >= 15 is 0 Å². The summed E-state index contributed by atoms with van der Waals surface area (Å²) in [6.07, 6.45) is 5.16. The minimum absolute atomic E-state index is 0.0942. The molecule has 26 heavy (non-hydrogen) atoms. The molecule has 0 aliphatic heterocycles. The van der Waals surface area contributed by atoms with Crippen LogP contribution in [0.15, 0.2) is 54.9 Å². The van der Waals surface area contributed by atoms with E-state index in [9.17, 15) is 13.2 Å². The molecule has 0 atom stereocenters. The molecule has 0 saturated heterocycles. The fourth-order valence-electron chi connectivity index (χ4n) is 2.67. The molecule has 6 heteroatoms. The Morgan fingerprint density at radius 1 is 1.19 bits per heavy atom. The maximum Gasteiger partial charge on any atom is 0.263 e. The van der Waals surface area contributed by atoms with Gasteiger partial charge >= 0.3 is 0 Å². The van der Waals surface area contributed by atoms with Crippen LogP contribution >= 0.6 is 0 Å². The molecular formula is C20H18F3N3. The van der Waals surface area contributed by atoms with Crippen molar-refractivity contribution in [3.05, 3.63) is 71.8 Å². The topological polar surface area (TPSA) is 41.6 Å². The second-order valence-corrected chi connectivity index (χ2v) is 5.78. The van der Waals surface area contributed by atoms with Crippen LogP contribution in [-0.4, -0.2) is 21.6 Å². The minimum atomic E-state index is -2.56. The average molecular weight is 357 g/mol. The summed E-state index contributed by atoms with van der Waals surface area (Å²) in [5.41, 5.74) is 3.23. The van der Waals surface area contributed by atoms with E-state index in [4.69, 9.17) is 0 Å². The molecule has 0 aliphatic rings. The third-order valence-corrected chi connectivity index (χ3v) is 4.10. The number of alkyl halides is 3. The molecule has 0 unspecified atom stereocenters. The molecule has 0 fully saturated rings. The van der Waals surface area contributed by atoms with Crippen molar-refractivity contribution in [2.45, 2.75) is 19.8 Å². The van der Waals surface area contributed by atoms with Gasteiger partial charge in [-0.2, -0.15) is 0 Å². The highest BCUT2D eigenvalue weighted by Crippen LogP contribution is 2.25. The fourth-order valence-corrected chi connectivity index (χ4v) is 2.67. The van der Waals surface area contributed by atoms with Gasteiger partial charge in [-0.1, -0.05) is 31.2 Å². The lowest BCUT2D eigenvalue weighted by Gasteiger charge is -2.03. The van der Waals surface area contributed by atoms with Crippen molar-refractivity contribution in [1.82, 2.24) is 15.0 Å². The molecule has 2 aromatic heterocycles. The number of rotatable bonds is 6. The van der Waals surface area contributed by atoms with Gasteiger partial charge in [0.2, 0.25) is 0 Å². The van der Waals surface area contributed by atoms with Crippen LogP contribution in [-0.2, 0) is 0 Å². The number of aromatic amines is 1. The number of halogens is 3. The Kier molecular flexibility index (Phi) is 5.51. The Morgan fingerprint density at radius 2 is 2.00 bits per heavy atom. The zero-order valence-electron chi connectivity index (χ0n) is 14.2. The third-order valence-electron chi connectivity index (χ3n) is 4.10. The summed E-state index contributed by atoms with van der Waals surface area (Å²) >= 11 is 0. The van der Waals surface area contributed by atoms with E-state index in [1.165, 1.54) is 18.2 Å². The summed E-state index contributed by atoms with van der Waals surface area (Å²) in [6, 6.07) is 7.97. The van der Waals surface area contributed by atoms with Crippen LogP contribution in [0.2, 0.25) is 0 Å². The van der Waals surface area contributed by atoms with E-state index in [1.54, 1.807) is 18.5 Å². The number of fused-ring (bicyclic) bond motifs is 1. The Hall–Kier alpha value is -2.89. The maximum atomic E-state index is 13.5. The van der Waals surface area contributed by atoms with Crippen molar-refractivity contribution in [3.8, 4) is 0 Å². The van der Waals surface area contributed by atoms with Crippen LogP contribution in [0.25, 0.3) is 22.2 Å². The van der Waals surface area contributed by atoms with Gasteiger partial charge in [0.1, 0.15) is 12.5 Å². The molecule has 134 valence electrons. The van der Waals surface area contributed by atoms with Gasteiger partial charge in [0.05, 0.1) is 11.0 Å². The summed E-state index contributed by atoms with van der Waals surface area (Å²) in [7, 11) is 0. The van der Waals surface area contributed by atoms with Gasteiger partial charge in [0.25, 0.3) is 6.43 Å². The number of pyridine rings is 1. The van der Waals surface area contributed by atoms with E-state index in [1.807, 2.05) is 25.1 Å². The monoisotopic (exact) mass is 357 g/mol. The molecule has 3 rings (SSSR count). The number of H-pyrrole nitrogens is 1. The Balaban J connectivity index is 1.96. The fraction of sp³-hybridized carbons (Fsp3) is 0.200. The summed E-state index contributed by atoms with van der Waals surface area (Å²) < 4.78 is 39.2. The Bertz CT molecular complexity index is 943. The maximum absolute atomic E-state index is 13.5. The van der Waals surface area contributed by atoms with Crippen LogP contribution in [0.1, 0.15) is 36.7 Å². The predicted molar refractivity (Wildman–Crippen MR) is 97.5 cm³/mol. The van der Waals surface area contributed by atoms with E-state index in [2.05, 4.69) is 15.0 Å². The largest absolute Gasteiger partial charge is 0.338 e. The second-order valence-electron chi connectivity index (χ2n) is 5.78. The number of nitrogens with zero attached hydrogens (tertiary/aromatic N) is 2. The number of aromatic nitrogens is 3. The molecule has 3 nitrogen and oxygen atoms in total. The Morgan fingerprint density at radius 3 is 2.65 bits per heavy atom. The number of allylic oxidation sites excluding steroid dienone is 4.